The fraction of sp³-hybridized carbons (Fsp3) is 0.562. The molecule has 136 valence electrons. The van der Waals surface area contributed by atoms with Gasteiger partial charge in [-0.2, -0.15) is 13.2 Å². The van der Waals surface area contributed by atoms with Gasteiger partial charge in [0.15, 0.2) is 0 Å². The van der Waals surface area contributed by atoms with Gasteiger partial charge in [0.25, 0.3) is 0 Å². The van der Waals surface area contributed by atoms with Crippen molar-refractivity contribution in [1.82, 2.24) is 19.7 Å². The molecule has 3 heterocycles. The maximum absolute atomic E-state index is 12.7. The van der Waals surface area contributed by atoms with Gasteiger partial charge in [-0.25, -0.2) is 4.98 Å². The van der Waals surface area contributed by atoms with E-state index in [1.165, 1.54) is 0 Å². The van der Waals surface area contributed by atoms with Crippen LogP contribution in [0.25, 0.3) is 0 Å². The monoisotopic (exact) mass is 373 g/mol. The number of halogens is 4. The summed E-state index contributed by atoms with van der Waals surface area (Å²) in [7, 11) is 0. The lowest BCUT2D eigenvalue weighted by Gasteiger charge is -2.33. The van der Waals surface area contributed by atoms with Gasteiger partial charge in [0, 0.05) is 31.2 Å². The maximum atomic E-state index is 12.7. The van der Waals surface area contributed by atoms with E-state index in [0.717, 1.165) is 30.9 Å². The molecule has 0 amide bonds. The van der Waals surface area contributed by atoms with Crippen LogP contribution >= 0.6 is 11.6 Å². The van der Waals surface area contributed by atoms with Gasteiger partial charge in [-0.3, -0.25) is 0 Å². The fourth-order valence-corrected chi connectivity index (χ4v) is 3.40. The van der Waals surface area contributed by atoms with E-state index in [1.807, 2.05) is 4.90 Å². The van der Waals surface area contributed by atoms with E-state index < -0.39 is 11.7 Å². The van der Waals surface area contributed by atoms with Gasteiger partial charge in [0.05, 0.1) is 10.6 Å². The molecule has 2 aromatic rings. The second-order valence-corrected chi connectivity index (χ2v) is 6.89. The molecule has 1 aliphatic heterocycles. The SMILES string of the molecule is CC(C)n1cnnc1C1CCN(c2ncc(C(F)(F)F)cc2Cl)CC1. The molecule has 0 unspecified atom stereocenters. The van der Waals surface area contributed by atoms with Crippen molar-refractivity contribution >= 4 is 17.4 Å². The highest BCUT2D eigenvalue weighted by atomic mass is 35.5. The molecule has 25 heavy (non-hydrogen) atoms. The van der Waals surface area contributed by atoms with Gasteiger partial charge in [-0.15, -0.1) is 10.2 Å². The number of alkyl halides is 3. The van der Waals surface area contributed by atoms with Crippen LogP contribution in [0.3, 0.4) is 0 Å². The molecule has 3 rings (SSSR count). The van der Waals surface area contributed by atoms with Gasteiger partial charge in [-0.1, -0.05) is 11.6 Å². The zero-order valence-electron chi connectivity index (χ0n) is 14.0. The van der Waals surface area contributed by atoms with Crippen LogP contribution in [-0.4, -0.2) is 32.8 Å². The van der Waals surface area contributed by atoms with E-state index in [9.17, 15) is 13.2 Å². The lowest BCUT2D eigenvalue weighted by molar-refractivity contribution is -0.137. The second kappa shape index (κ2) is 6.82. The molecule has 0 spiro atoms. The topological polar surface area (TPSA) is 46.8 Å². The number of aromatic nitrogens is 4. The van der Waals surface area contributed by atoms with Crippen molar-refractivity contribution in [1.29, 1.82) is 0 Å². The first kappa shape index (κ1) is 18.0. The highest BCUT2D eigenvalue weighted by Crippen LogP contribution is 2.36. The molecular weight excluding hydrogens is 355 g/mol. The smallest absolute Gasteiger partial charge is 0.355 e. The molecule has 0 bridgehead atoms. The van der Waals surface area contributed by atoms with E-state index in [4.69, 9.17) is 11.6 Å². The summed E-state index contributed by atoms with van der Waals surface area (Å²) in [5.41, 5.74) is -0.832. The van der Waals surface area contributed by atoms with Gasteiger partial charge in [0.2, 0.25) is 0 Å². The third-order valence-corrected chi connectivity index (χ3v) is 4.74. The van der Waals surface area contributed by atoms with Crippen molar-refractivity contribution in [2.24, 2.45) is 0 Å². The standard InChI is InChI=1S/C16H19ClF3N5/c1-10(2)25-9-22-23-14(25)11-3-5-24(6-4-11)15-13(17)7-12(8-21-15)16(18,19)20/h7-11H,3-6H2,1-2H3. The Hall–Kier alpha value is -1.83. The van der Waals surface area contributed by atoms with Crippen LogP contribution in [-0.2, 0) is 6.18 Å². The molecule has 0 N–H and O–H groups in total. The average molecular weight is 374 g/mol. The predicted molar refractivity (Wildman–Crippen MR) is 88.8 cm³/mol. The Kier molecular flexibility index (Phi) is 4.90. The lowest BCUT2D eigenvalue weighted by Crippen LogP contribution is -2.34. The number of hydrogen-bond acceptors (Lipinski definition) is 4. The van der Waals surface area contributed by atoms with Crippen molar-refractivity contribution in [2.45, 2.75) is 44.8 Å². The predicted octanol–water partition coefficient (Wildman–Crippen LogP) is 4.31. The van der Waals surface area contributed by atoms with Crippen LogP contribution in [0, 0.1) is 0 Å². The van der Waals surface area contributed by atoms with Crippen LogP contribution in [0.2, 0.25) is 5.02 Å². The Morgan fingerprint density at radius 2 is 1.92 bits per heavy atom. The minimum Gasteiger partial charge on any atom is -0.355 e. The quantitative estimate of drug-likeness (QED) is 0.804. The highest BCUT2D eigenvalue weighted by molar-refractivity contribution is 6.33. The van der Waals surface area contributed by atoms with Crippen molar-refractivity contribution in [3.63, 3.8) is 0 Å². The van der Waals surface area contributed by atoms with Crippen LogP contribution < -0.4 is 4.90 Å². The van der Waals surface area contributed by atoms with Crippen LogP contribution in [0.1, 0.15) is 50.0 Å². The normalized spacial score (nSPS) is 16.7. The largest absolute Gasteiger partial charge is 0.417 e. The summed E-state index contributed by atoms with van der Waals surface area (Å²) < 4.78 is 40.2. The Morgan fingerprint density at radius 1 is 1.24 bits per heavy atom. The van der Waals surface area contributed by atoms with E-state index in [-0.39, 0.29) is 17.0 Å². The zero-order valence-corrected chi connectivity index (χ0v) is 14.7. The average Bonchev–Trinajstić information content (AvgIpc) is 3.04. The summed E-state index contributed by atoms with van der Waals surface area (Å²) in [6.07, 6.45) is -0.221. The summed E-state index contributed by atoms with van der Waals surface area (Å²) in [5.74, 6) is 1.63. The van der Waals surface area contributed by atoms with Gasteiger partial charge >= 0.3 is 6.18 Å². The van der Waals surface area contributed by atoms with Crippen molar-refractivity contribution in [3.05, 3.63) is 35.0 Å². The summed E-state index contributed by atoms with van der Waals surface area (Å²) in [6.45, 7) is 5.48. The van der Waals surface area contributed by atoms with Gasteiger partial charge in [0.1, 0.15) is 18.0 Å². The number of rotatable bonds is 3. The molecule has 1 saturated heterocycles. The minimum atomic E-state index is -4.44. The first-order valence-electron chi connectivity index (χ1n) is 8.14. The Morgan fingerprint density at radius 3 is 2.48 bits per heavy atom. The Labute approximate surface area is 148 Å². The Balaban J connectivity index is 1.71. The molecule has 5 nitrogen and oxygen atoms in total. The van der Waals surface area contributed by atoms with Crippen LogP contribution in [0.15, 0.2) is 18.6 Å². The third kappa shape index (κ3) is 3.73. The fourth-order valence-electron chi connectivity index (χ4n) is 3.11. The second-order valence-electron chi connectivity index (χ2n) is 6.48. The molecule has 0 aromatic carbocycles. The molecule has 1 aliphatic rings. The number of piperidine rings is 1. The van der Waals surface area contributed by atoms with Gasteiger partial charge in [-0.05, 0) is 32.8 Å². The number of hydrogen-bond donors (Lipinski definition) is 0. The van der Waals surface area contributed by atoms with Crippen LogP contribution in [0.4, 0.5) is 19.0 Å². The molecular formula is C16H19ClF3N5. The van der Waals surface area contributed by atoms with Gasteiger partial charge < -0.3 is 9.47 Å². The summed E-state index contributed by atoms with van der Waals surface area (Å²) >= 11 is 6.04. The number of anilines is 1. The molecule has 0 radical (unpaired) electrons. The Bertz CT molecular complexity index is 736. The number of pyridine rings is 1. The first-order valence-corrected chi connectivity index (χ1v) is 8.52. The minimum absolute atomic E-state index is 0.0265. The van der Waals surface area contributed by atoms with Crippen molar-refractivity contribution < 1.29 is 13.2 Å². The maximum Gasteiger partial charge on any atom is 0.417 e. The number of nitrogens with zero attached hydrogens (tertiary/aromatic N) is 5. The highest BCUT2D eigenvalue weighted by Gasteiger charge is 2.33. The lowest BCUT2D eigenvalue weighted by atomic mass is 9.95. The van der Waals surface area contributed by atoms with E-state index >= 15 is 0 Å². The van der Waals surface area contributed by atoms with E-state index in [2.05, 4.69) is 33.6 Å². The van der Waals surface area contributed by atoms with Crippen molar-refractivity contribution in [3.8, 4) is 0 Å². The molecule has 0 atom stereocenters. The molecule has 2 aromatic heterocycles. The van der Waals surface area contributed by atoms with E-state index in [0.29, 0.717) is 18.9 Å². The molecule has 1 fully saturated rings. The third-order valence-electron chi connectivity index (χ3n) is 4.47. The van der Waals surface area contributed by atoms with E-state index in [1.54, 1.807) is 6.33 Å². The summed E-state index contributed by atoms with van der Waals surface area (Å²) in [4.78, 5) is 5.87. The molecule has 0 saturated carbocycles. The summed E-state index contributed by atoms with van der Waals surface area (Å²) in [6, 6.07) is 1.22. The zero-order chi connectivity index (χ0) is 18.2. The van der Waals surface area contributed by atoms with Crippen molar-refractivity contribution in [2.75, 3.05) is 18.0 Å². The molecule has 9 heteroatoms. The summed E-state index contributed by atoms with van der Waals surface area (Å²) in [5, 5.41) is 8.27. The molecule has 0 aliphatic carbocycles. The van der Waals surface area contributed by atoms with Crippen LogP contribution in [0.5, 0.6) is 0 Å². The first-order chi connectivity index (χ1) is 11.8.